The van der Waals surface area contributed by atoms with Crippen LogP contribution in [-0.2, 0) is 10.0 Å². The summed E-state index contributed by atoms with van der Waals surface area (Å²) in [6, 6.07) is 16.2. The number of rotatable bonds is 5. The molecule has 0 aliphatic rings. The van der Waals surface area contributed by atoms with Gasteiger partial charge in [0.15, 0.2) is 0 Å². The summed E-state index contributed by atoms with van der Waals surface area (Å²) in [5, 5.41) is 2.84. The molecule has 0 aliphatic heterocycles. The fraction of sp³-hybridized carbons (Fsp3) is 0.0909. The number of nitrogens with one attached hydrogen (secondary N) is 4. The molecule has 158 valence electrons. The lowest BCUT2D eigenvalue weighted by Gasteiger charge is -2.14. The molecule has 3 aromatic carbocycles. The standard InChI is InChI=1S/C22H20N4O4S/c1-13-6-5-9-17(14(13)2)23-21(27)16-7-3-4-8-18(16)26-31(29,30)15-10-11-19-20(12-15)25-22(28)24-19/h3-12,26H,1-2H3,(H,23,27)(H2,24,25,28). The molecule has 0 spiro atoms. The maximum atomic E-state index is 12.9. The third-order valence-corrected chi connectivity index (χ3v) is 6.43. The zero-order chi connectivity index (χ0) is 22.2. The molecule has 9 heteroatoms. The fourth-order valence-electron chi connectivity index (χ4n) is 3.23. The minimum Gasteiger partial charge on any atom is -0.322 e. The van der Waals surface area contributed by atoms with Gasteiger partial charge in [-0.3, -0.25) is 9.52 Å². The van der Waals surface area contributed by atoms with Gasteiger partial charge in [-0.2, -0.15) is 0 Å². The highest BCUT2D eigenvalue weighted by Gasteiger charge is 2.20. The minimum atomic E-state index is -4.01. The first-order chi connectivity index (χ1) is 14.7. The maximum Gasteiger partial charge on any atom is 0.323 e. The van der Waals surface area contributed by atoms with Crippen molar-refractivity contribution in [3.05, 3.63) is 87.8 Å². The Balaban J connectivity index is 1.65. The molecule has 4 aromatic rings. The number of aromatic nitrogens is 2. The minimum absolute atomic E-state index is 0.0417. The summed E-state index contributed by atoms with van der Waals surface area (Å²) < 4.78 is 28.4. The van der Waals surface area contributed by atoms with Crippen molar-refractivity contribution in [3.63, 3.8) is 0 Å². The Bertz CT molecular complexity index is 1470. The van der Waals surface area contributed by atoms with Crippen LogP contribution in [0.1, 0.15) is 21.5 Å². The Morgan fingerprint density at radius 1 is 0.871 bits per heavy atom. The van der Waals surface area contributed by atoms with E-state index in [-0.39, 0.29) is 16.1 Å². The van der Waals surface area contributed by atoms with Gasteiger partial charge in [0.1, 0.15) is 0 Å². The largest absolute Gasteiger partial charge is 0.323 e. The highest BCUT2D eigenvalue weighted by molar-refractivity contribution is 7.92. The van der Waals surface area contributed by atoms with Gasteiger partial charge in [-0.1, -0.05) is 24.3 Å². The van der Waals surface area contributed by atoms with Crippen molar-refractivity contribution in [2.75, 3.05) is 10.0 Å². The van der Waals surface area contributed by atoms with Gasteiger partial charge in [0.25, 0.3) is 15.9 Å². The molecule has 1 amide bonds. The van der Waals surface area contributed by atoms with Crippen molar-refractivity contribution in [3.8, 4) is 0 Å². The second kappa shape index (κ2) is 7.77. The van der Waals surface area contributed by atoms with Gasteiger partial charge in [0.2, 0.25) is 0 Å². The Labute approximate surface area is 178 Å². The second-order valence-electron chi connectivity index (χ2n) is 7.14. The molecule has 0 unspecified atom stereocenters. The molecule has 0 bridgehead atoms. The molecule has 1 heterocycles. The van der Waals surface area contributed by atoms with Crippen LogP contribution in [0.25, 0.3) is 11.0 Å². The Hall–Kier alpha value is -3.85. The quantitative estimate of drug-likeness (QED) is 0.382. The number of carbonyl (C=O) groups excluding carboxylic acids is 1. The number of benzene rings is 3. The molecule has 4 N–H and O–H groups in total. The van der Waals surface area contributed by atoms with E-state index < -0.39 is 21.6 Å². The third-order valence-electron chi connectivity index (χ3n) is 5.07. The number of amides is 1. The van der Waals surface area contributed by atoms with Crippen LogP contribution in [0.15, 0.2) is 70.4 Å². The summed E-state index contributed by atoms with van der Waals surface area (Å²) in [4.78, 5) is 29.4. The van der Waals surface area contributed by atoms with E-state index in [1.54, 1.807) is 24.3 Å². The fourth-order valence-corrected chi connectivity index (χ4v) is 4.33. The van der Waals surface area contributed by atoms with E-state index in [9.17, 15) is 18.0 Å². The molecule has 0 radical (unpaired) electrons. The number of H-pyrrole nitrogens is 2. The molecular formula is C22H20N4O4S. The molecule has 0 saturated heterocycles. The lowest BCUT2D eigenvalue weighted by atomic mass is 10.1. The molecule has 1 aromatic heterocycles. The number of para-hydroxylation sites is 1. The molecule has 0 fully saturated rings. The van der Waals surface area contributed by atoms with Crippen LogP contribution in [0.2, 0.25) is 0 Å². The van der Waals surface area contributed by atoms with Gasteiger partial charge in [-0.05, 0) is 61.4 Å². The van der Waals surface area contributed by atoms with Crippen LogP contribution < -0.4 is 15.7 Å². The van der Waals surface area contributed by atoms with Crippen LogP contribution in [0.4, 0.5) is 11.4 Å². The lowest BCUT2D eigenvalue weighted by molar-refractivity contribution is 0.102. The van der Waals surface area contributed by atoms with Crippen molar-refractivity contribution in [1.29, 1.82) is 0 Å². The summed E-state index contributed by atoms with van der Waals surface area (Å²) in [7, 11) is -4.01. The predicted octanol–water partition coefficient (Wildman–Crippen LogP) is 3.53. The Morgan fingerprint density at radius 2 is 1.58 bits per heavy atom. The van der Waals surface area contributed by atoms with Crippen molar-refractivity contribution in [2.45, 2.75) is 18.7 Å². The van der Waals surface area contributed by atoms with Gasteiger partial charge >= 0.3 is 5.69 Å². The molecule has 8 nitrogen and oxygen atoms in total. The number of aromatic amines is 2. The van der Waals surface area contributed by atoms with E-state index in [0.717, 1.165) is 11.1 Å². The first-order valence-electron chi connectivity index (χ1n) is 9.46. The normalized spacial score (nSPS) is 11.4. The van der Waals surface area contributed by atoms with E-state index in [0.29, 0.717) is 16.7 Å². The van der Waals surface area contributed by atoms with Crippen molar-refractivity contribution in [2.24, 2.45) is 0 Å². The van der Waals surface area contributed by atoms with E-state index in [2.05, 4.69) is 20.0 Å². The maximum absolute atomic E-state index is 12.9. The predicted molar refractivity (Wildman–Crippen MR) is 120 cm³/mol. The highest BCUT2D eigenvalue weighted by Crippen LogP contribution is 2.24. The zero-order valence-electron chi connectivity index (χ0n) is 16.8. The number of carbonyl (C=O) groups is 1. The highest BCUT2D eigenvalue weighted by atomic mass is 32.2. The van der Waals surface area contributed by atoms with Crippen molar-refractivity contribution >= 4 is 38.3 Å². The number of anilines is 2. The number of aryl methyl sites for hydroxylation is 1. The molecule has 0 aliphatic carbocycles. The number of hydrogen-bond donors (Lipinski definition) is 4. The zero-order valence-corrected chi connectivity index (χ0v) is 17.6. The van der Waals surface area contributed by atoms with Crippen LogP contribution in [0.3, 0.4) is 0 Å². The van der Waals surface area contributed by atoms with Gasteiger partial charge in [0.05, 0.1) is 27.2 Å². The average Bonchev–Trinajstić information content (AvgIpc) is 3.10. The SMILES string of the molecule is Cc1cccc(NC(=O)c2ccccc2NS(=O)(=O)c2ccc3[nH]c(=O)[nH]c3c2)c1C. The van der Waals surface area contributed by atoms with E-state index in [4.69, 9.17) is 0 Å². The number of sulfonamides is 1. The topological polar surface area (TPSA) is 124 Å². The molecule has 31 heavy (non-hydrogen) atoms. The van der Waals surface area contributed by atoms with Gasteiger partial charge < -0.3 is 15.3 Å². The molecular weight excluding hydrogens is 416 g/mol. The van der Waals surface area contributed by atoms with E-state index in [1.807, 2.05) is 26.0 Å². The van der Waals surface area contributed by atoms with E-state index in [1.165, 1.54) is 24.3 Å². The Kier molecular flexibility index (Phi) is 5.12. The lowest BCUT2D eigenvalue weighted by Crippen LogP contribution is -2.19. The van der Waals surface area contributed by atoms with Gasteiger partial charge in [0, 0.05) is 5.69 Å². The summed E-state index contributed by atoms with van der Waals surface area (Å²) in [6.45, 7) is 3.85. The number of imidazole rings is 1. The van der Waals surface area contributed by atoms with Crippen LogP contribution in [-0.4, -0.2) is 24.3 Å². The Morgan fingerprint density at radius 3 is 2.39 bits per heavy atom. The summed E-state index contributed by atoms with van der Waals surface area (Å²) in [6.07, 6.45) is 0. The first kappa shape index (κ1) is 20.4. The van der Waals surface area contributed by atoms with Gasteiger partial charge in [-0.15, -0.1) is 0 Å². The molecule has 0 atom stereocenters. The molecule has 4 rings (SSSR count). The number of hydrogen-bond acceptors (Lipinski definition) is 4. The van der Waals surface area contributed by atoms with E-state index >= 15 is 0 Å². The molecule has 0 saturated carbocycles. The van der Waals surface area contributed by atoms with Gasteiger partial charge in [-0.25, -0.2) is 13.2 Å². The summed E-state index contributed by atoms with van der Waals surface area (Å²) >= 11 is 0. The first-order valence-corrected chi connectivity index (χ1v) is 10.9. The van der Waals surface area contributed by atoms with Crippen molar-refractivity contribution in [1.82, 2.24) is 9.97 Å². The van der Waals surface area contributed by atoms with Crippen molar-refractivity contribution < 1.29 is 13.2 Å². The third kappa shape index (κ3) is 4.08. The average molecular weight is 436 g/mol. The van der Waals surface area contributed by atoms with Crippen LogP contribution in [0, 0.1) is 13.8 Å². The summed E-state index contributed by atoms with van der Waals surface area (Å²) in [5.74, 6) is -0.433. The van der Waals surface area contributed by atoms with Crippen LogP contribution in [0.5, 0.6) is 0 Å². The monoisotopic (exact) mass is 436 g/mol. The summed E-state index contributed by atoms with van der Waals surface area (Å²) in [5.41, 5.74) is 3.39. The van der Waals surface area contributed by atoms with Crippen LogP contribution >= 0.6 is 0 Å². The second-order valence-corrected chi connectivity index (χ2v) is 8.82. The number of fused-ring (bicyclic) bond motifs is 1. The smallest absolute Gasteiger partial charge is 0.322 e.